The molecule has 0 saturated carbocycles. The molecule has 0 amide bonds. The third kappa shape index (κ3) is 12.2. The summed E-state index contributed by atoms with van der Waals surface area (Å²) in [5.41, 5.74) is 2.55. The van der Waals surface area contributed by atoms with Crippen LogP contribution in [0.5, 0.6) is 17.2 Å². The van der Waals surface area contributed by atoms with E-state index in [0.717, 1.165) is 66.7 Å². The number of carbonyl (C=O) groups is 2. The third-order valence-electron chi connectivity index (χ3n) is 6.36. The lowest BCUT2D eigenvalue weighted by Gasteiger charge is -2.09. The number of unbranched alkanes of at least 4 members (excludes halogenated alkanes) is 6. The molecule has 0 saturated heterocycles. The van der Waals surface area contributed by atoms with Crippen molar-refractivity contribution in [2.45, 2.75) is 51.4 Å². The van der Waals surface area contributed by atoms with E-state index in [1.807, 2.05) is 36.4 Å². The number of esters is 2. The summed E-state index contributed by atoms with van der Waals surface area (Å²) >= 11 is 3.46. The van der Waals surface area contributed by atoms with E-state index >= 15 is 0 Å². The molecule has 218 valence electrons. The molecule has 6 nitrogen and oxygen atoms in total. The predicted molar refractivity (Wildman–Crippen MR) is 166 cm³/mol. The van der Waals surface area contributed by atoms with E-state index in [1.54, 1.807) is 36.4 Å². The maximum Gasteiger partial charge on any atom is 0.343 e. The van der Waals surface area contributed by atoms with Gasteiger partial charge in [0.25, 0.3) is 0 Å². The van der Waals surface area contributed by atoms with E-state index in [2.05, 4.69) is 22.5 Å². The summed E-state index contributed by atoms with van der Waals surface area (Å²) in [6.07, 6.45) is 9.51. The van der Waals surface area contributed by atoms with Crippen molar-refractivity contribution in [1.82, 2.24) is 0 Å². The third-order valence-corrected chi connectivity index (χ3v) is 6.92. The van der Waals surface area contributed by atoms with Gasteiger partial charge in [-0.25, -0.2) is 9.59 Å². The highest BCUT2D eigenvalue weighted by Gasteiger charge is 2.10. The zero-order valence-corrected chi connectivity index (χ0v) is 25.1. The number of ether oxygens (including phenoxy) is 4. The highest BCUT2D eigenvalue weighted by Crippen LogP contribution is 2.24. The van der Waals surface area contributed by atoms with Crippen LogP contribution in [0.15, 0.2) is 85.5 Å². The fraction of sp³-hybridized carbons (Fsp3) is 0.353. The Kier molecular flexibility index (Phi) is 14.6. The van der Waals surface area contributed by atoms with Crippen LogP contribution in [0.1, 0.15) is 61.7 Å². The number of carbonyl (C=O) groups excluding carboxylic acids is 2. The molecule has 0 aromatic heterocycles. The van der Waals surface area contributed by atoms with E-state index in [0.29, 0.717) is 24.5 Å². The van der Waals surface area contributed by atoms with Gasteiger partial charge in [0, 0.05) is 11.4 Å². The lowest BCUT2D eigenvalue weighted by atomic mass is 10.0. The minimum atomic E-state index is -0.413. The van der Waals surface area contributed by atoms with Crippen LogP contribution >= 0.6 is 15.9 Å². The van der Waals surface area contributed by atoms with Crippen LogP contribution < -0.4 is 14.2 Å². The Morgan fingerprint density at radius 2 is 1.07 bits per heavy atom. The number of rotatable bonds is 19. The molecule has 7 heteroatoms. The first-order valence-electron chi connectivity index (χ1n) is 14.2. The molecule has 0 fully saturated rings. The van der Waals surface area contributed by atoms with Gasteiger partial charge in [0.05, 0.1) is 25.4 Å². The molecule has 0 radical (unpaired) electrons. The molecule has 0 aliphatic heterocycles. The van der Waals surface area contributed by atoms with Gasteiger partial charge in [-0.15, -0.1) is 0 Å². The van der Waals surface area contributed by atoms with Gasteiger partial charge in [-0.2, -0.15) is 0 Å². The van der Waals surface area contributed by atoms with Crippen molar-refractivity contribution in [1.29, 1.82) is 0 Å². The Bertz CT molecular complexity index is 1190. The SMILES string of the molecule is C=CC(=O)OCCCCCCOc1ccc(OC(=O)c2ccc(-c3ccc(OCCCCCCBr)cc3)cc2)cc1. The molecule has 0 aliphatic rings. The zero-order valence-electron chi connectivity index (χ0n) is 23.5. The van der Waals surface area contributed by atoms with Crippen LogP contribution in [-0.4, -0.2) is 37.1 Å². The number of hydrogen-bond donors (Lipinski definition) is 0. The molecule has 0 bridgehead atoms. The van der Waals surface area contributed by atoms with Crippen molar-refractivity contribution in [3.05, 3.63) is 91.0 Å². The second kappa shape index (κ2) is 18.7. The lowest BCUT2D eigenvalue weighted by molar-refractivity contribution is -0.137. The molecular formula is C34H39BrO6. The Morgan fingerprint density at radius 3 is 1.61 bits per heavy atom. The van der Waals surface area contributed by atoms with E-state index in [1.165, 1.54) is 25.3 Å². The van der Waals surface area contributed by atoms with Crippen molar-refractivity contribution in [2.24, 2.45) is 0 Å². The molecule has 3 rings (SSSR count). The summed E-state index contributed by atoms with van der Waals surface area (Å²) in [6.45, 7) is 5.10. The molecule has 0 aliphatic carbocycles. The van der Waals surface area contributed by atoms with E-state index in [4.69, 9.17) is 18.9 Å². The number of benzene rings is 3. The fourth-order valence-electron chi connectivity index (χ4n) is 4.03. The molecule has 0 heterocycles. The number of halogens is 1. The van der Waals surface area contributed by atoms with E-state index < -0.39 is 5.97 Å². The lowest BCUT2D eigenvalue weighted by Crippen LogP contribution is -2.08. The van der Waals surface area contributed by atoms with Gasteiger partial charge in [0.2, 0.25) is 0 Å². The standard InChI is InChI=1S/C34H39BrO6/c1-2-33(36)40-26-10-6-5-9-25-39-31-19-21-32(22-20-31)41-34(37)29-13-11-27(12-14-29)28-15-17-30(18-16-28)38-24-8-4-3-7-23-35/h2,11-22H,1,3-10,23-26H2. The highest BCUT2D eigenvalue weighted by molar-refractivity contribution is 9.09. The minimum absolute atomic E-state index is 0.383. The van der Waals surface area contributed by atoms with Crippen LogP contribution in [0.2, 0.25) is 0 Å². The second-order valence-electron chi connectivity index (χ2n) is 9.55. The molecule has 0 atom stereocenters. The summed E-state index contributed by atoms with van der Waals surface area (Å²) in [4.78, 5) is 23.6. The van der Waals surface area contributed by atoms with Crippen molar-refractivity contribution < 1.29 is 28.5 Å². The quantitative estimate of drug-likeness (QED) is 0.0438. The second-order valence-corrected chi connectivity index (χ2v) is 10.3. The highest BCUT2D eigenvalue weighted by atomic mass is 79.9. The van der Waals surface area contributed by atoms with Crippen LogP contribution in [0.25, 0.3) is 11.1 Å². The average Bonchev–Trinajstić information content (AvgIpc) is 3.01. The van der Waals surface area contributed by atoms with Crippen molar-refractivity contribution in [3.8, 4) is 28.4 Å². The maximum atomic E-state index is 12.6. The van der Waals surface area contributed by atoms with Gasteiger partial charge in [-0.1, -0.05) is 59.6 Å². The zero-order chi connectivity index (χ0) is 29.1. The number of alkyl halides is 1. The summed E-state index contributed by atoms with van der Waals surface area (Å²) in [6, 6.07) is 22.4. The van der Waals surface area contributed by atoms with Gasteiger partial charge in [-0.05, 0) is 98.2 Å². The molecule has 0 N–H and O–H groups in total. The Labute approximate surface area is 251 Å². The molecular weight excluding hydrogens is 584 g/mol. The van der Waals surface area contributed by atoms with Gasteiger partial charge >= 0.3 is 11.9 Å². The molecule has 3 aromatic carbocycles. The van der Waals surface area contributed by atoms with Crippen LogP contribution in [0.3, 0.4) is 0 Å². The summed E-state index contributed by atoms with van der Waals surface area (Å²) in [5, 5.41) is 1.06. The van der Waals surface area contributed by atoms with E-state index in [-0.39, 0.29) is 5.97 Å². The summed E-state index contributed by atoms with van der Waals surface area (Å²) < 4.78 is 22.1. The Hall–Kier alpha value is -3.58. The first-order valence-corrected chi connectivity index (χ1v) is 15.3. The van der Waals surface area contributed by atoms with Crippen LogP contribution in [0.4, 0.5) is 0 Å². The molecule has 0 spiro atoms. The Balaban J connectivity index is 1.36. The van der Waals surface area contributed by atoms with Gasteiger partial charge in [-0.3, -0.25) is 0 Å². The molecule has 0 unspecified atom stereocenters. The van der Waals surface area contributed by atoms with E-state index in [9.17, 15) is 9.59 Å². The molecule has 41 heavy (non-hydrogen) atoms. The van der Waals surface area contributed by atoms with Gasteiger partial charge < -0.3 is 18.9 Å². The van der Waals surface area contributed by atoms with Gasteiger partial charge in [0.1, 0.15) is 17.2 Å². The summed E-state index contributed by atoms with van der Waals surface area (Å²) in [7, 11) is 0. The maximum absolute atomic E-state index is 12.6. The van der Waals surface area contributed by atoms with Gasteiger partial charge in [0.15, 0.2) is 0 Å². The van der Waals surface area contributed by atoms with Crippen molar-refractivity contribution in [2.75, 3.05) is 25.2 Å². The molecule has 3 aromatic rings. The normalized spacial score (nSPS) is 10.6. The first-order chi connectivity index (χ1) is 20.1. The number of hydrogen-bond acceptors (Lipinski definition) is 6. The topological polar surface area (TPSA) is 71.1 Å². The minimum Gasteiger partial charge on any atom is -0.494 e. The van der Waals surface area contributed by atoms with Crippen molar-refractivity contribution in [3.63, 3.8) is 0 Å². The van der Waals surface area contributed by atoms with Crippen LogP contribution in [-0.2, 0) is 9.53 Å². The Morgan fingerprint density at radius 1 is 0.610 bits per heavy atom. The monoisotopic (exact) mass is 622 g/mol. The predicted octanol–water partition coefficient (Wildman–Crippen LogP) is 8.58. The van der Waals surface area contributed by atoms with Crippen molar-refractivity contribution >= 4 is 27.9 Å². The fourth-order valence-corrected chi connectivity index (χ4v) is 4.43. The van der Waals surface area contributed by atoms with Crippen LogP contribution in [0, 0.1) is 0 Å². The average molecular weight is 624 g/mol. The first kappa shape index (κ1) is 31.9. The summed E-state index contributed by atoms with van der Waals surface area (Å²) in [5.74, 6) is 1.25. The smallest absolute Gasteiger partial charge is 0.343 e. The largest absolute Gasteiger partial charge is 0.494 e.